The summed E-state index contributed by atoms with van der Waals surface area (Å²) in [6.07, 6.45) is 0. The smallest absolute Gasteiger partial charge is 0.258 e. The number of hydrogen-bond donors (Lipinski definition) is 0. The van der Waals surface area contributed by atoms with Crippen molar-refractivity contribution in [2.45, 2.75) is 9.24 Å². The number of benzene rings is 2. The number of non-ortho nitro benzene ring substituents is 1. The second kappa shape index (κ2) is 6.72. The van der Waals surface area contributed by atoms with Gasteiger partial charge in [0.15, 0.2) is 10.2 Å². The van der Waals surface area contributed by atoms with E-state index in [4.69, 9.17) is 0 Å². The van der Waals surface area contributed by atoms with Gasteiger partial charge in [-0.05, 0) is 17.6 Å². The lowest BCUT2D eigenvalue weighted by atomic mass is 10.2. The lowest BCUT2D eigenvalue weighted by molar-refractivity contribution is -0.396. The van der Waals surface area contributed by atoms with Crippen LogP contribution in [-0.4, -0.2) is 19.2 Å². The lowest BCUT2D eigenvalue weighted by Crippen LogP contribution is -1.94. The van der Waals surface area contributed by atoms with E-state index in [9.17, 15) is 20.2 Å². The van der Waals surface area contributed by atoms with Gasteiger partial charge in [0.1, 0.15) is 0 Å². The van der Waals surface area contributed by atoms with Crippen LogP contribution in [-0.2, 0) is 0 Å². The molecule has 0 radical (unpaired) electrons. The molecule has 0 unspecified atom stereocenters. The second-order valence-corrected chi connectivity index (χ2v) is 6.56. The summed E-state index contributed by atoms with van der Waals surface area (Å²) in [4.78, 5) is 25.2. The predicted molar refractivity (Wildman–Crippen MR) is 89.2 cm³/mol. The molecule has 0 bridgehead atoms. The molecule has 1 aromatic heterocycles. The third kappa shape index (κ3) is 3.39. The molecular formula is C14H8N4O4S2. The summed E-state index contributed by atoms with van der Waals surface area (Å²) in [6.45, 7) is 0. The van der Waals surface area contributed by atoms with Gasteiger partial charge in [0, 0.05) is 11.6 Å². The van der Waals surface area contributed by atoms with Crippen molar-refractivity contribution in [1.29, 1.82) is 0 Å². The van der Waals surface area contributed by atoms with E-state index >= 15 is 0 Å². The minimum atomic E-state index is -0.667. The summed E-state index contributed by atoms with van der Waals surface area (Å²) in [7, 11) is 0. The molecule has 0 saturated heterocycles. The number of nitro benzene ring substituents is 2. The SMILES string of the molecule is O=[N+]([O-])c1ccc(Sc2nc(-c3ccccc3)ns2)c([N+](=O)[O-])c1. The summed E-state index contributed by atoms with van der Waals surface area (Å²) in [5.74, 6) is 0.535. The van der Waals surface area contributed by atoms with Crippen LogP contribution >= 0.6 is 23.3 Å². The van der Waals surface area contributed by atoms with Crippen LogP contribution < -0.4 is 0 Å². The topological polar surface area (TPSA) is 112 Å². The van der Waals surface area contributed by atoms with Gasteiger partial charge in [-0.1, -0.05) is 42.1 Å². The molecule has 3 rings (SSSR count). The van der Waals surface area contributed by atoms with Crippen molar-refractivity contribution >= 4 is 34.7 Å². The Morgan fingerprint density at radius 2 is 1.75 bits per heavy atom. The van der Waals surface area contributed by atoms with Crippen LogP contribution in [0.2, 0.25) is 0 Å². The Balaban J connectivity index is 1.90. The molecule has 2 aromatic carbocycles. The molecule has 0 aliphatic carbocycles. The van der Waals surface area contributed by atoms with E-state index in [0.717, 1.165) is 34.9 Å². The molecule has 0 fully saturated rings. The highest BCUT2D eigenvalue weighted by Gasteiger charge is 2.21. The third-order valence-corrected chi connectivity index (χ3v) is 4.80. The van der Waals surface area contributed by atoms with E-state index in [1.807, 2.05) is 30.3 Å². The molecule has 0 spiro atoms. The molecule has 24 heavy (non-hydrogen) atoms. The van der Waals surface area contributed by atoms with Gasteiger partial charge in [0.2, 0.25) is 0 Å². The highest BCUT2D eigenvalue weighted by Crippen LogP contribution is 2.38. The Labute approximate surface area is 143 Å². The molecule has 0 N–H and O–H groups in total. The fraction of sp³-hybridized carbons (Fsp3) is 0. The van der Waals surface area contributed by atoms with E-state index in [-0.39, 0.29) is 16.3 Å². The van der Waals surface area contributed by atoms with Crippen molar-refractivity contribution < 1.29 is 9.85 Å². The summed E-state index contributed by atoms with van der Waals surface area (Å²) < 4.78 is 4.75. The zero-order valence-corrected chi connectivity index (χ0v) is 13.5. The van der Waals surface area contributed by atoms with Gasteiger partial charge in [-0.25, -0.2) is 4.98 Å². The fourth-order valence-corrected chi connectivity index (χ4v) is 3.56. The van der Waals surface area contributed by atoms with Crippen LogP contribution in [0.3, 0.4) is 0 Å². The van der Waals surface area contributed by atoms with Gasteiger partial charge in [0.05, 0.1) is 20.8 Å². The maximum absolute atomic E-state index is 11.2. The van der Waals surface area contributed by atoms with Crippen LogP contribution in [0.15, 0.2) is 57.8 Å². The van der Waals surface area contributed by atoms with Gasteiger partial charge in [-0.3, -0.25) is 20.2 Å². The lowest BCUT2D eigenvalue weighted by Gasteiger charge is -2.00. The normalized spacial score (nSPS) is 10.5. The monoisotopic (exact) mass is 360 g/mol. The first-order valence-corrected chi connectivity index (χ1v) is 8.13. The van der Waals surface area contributed by atoms with Gasteiger partial charge in [0.25, 0.3) is 11.4 Å². The Kier molecular flexibility index (Phi) is 4.49. The minimum Gasteiger partial charge on any atom is -0.258 e. The van der Waals surface area contributed by atoms with Crippen molar-refractivity contribution in [2.75, 3.05) is 0 Å². The van der Waals surface area contributed by atoms with Crippen molar-refractivity contribution in [1.82, 2.24) is 9.36 Å². The summed E-state index contributed by atoms with van der Waals surface area (Å²) >= 11 is 2.17. The zero-order chi connectivity index (χ0) is 17.1. The first kappa shape index (κ1) is 16.0. The molecule has 0 aliphatic heterocycles. The van der Waals surface area contributed by atoms with Gasteiger partial charge in [-0.15, -0.1) is 0 Å². The molecule has 0 saturated carbocycles. The molecule has 1 heterocycles. The maximum atomic E-state index is 11.2. The second-order valence-electron chi connectivity index (χ2n) is 4.52. The van der Waals surface area contributed by atoms with Gasteiger partial charge >= 0.3 is 0 Å². The molecule has 10 heteroatoms. The Morgan fingerprint density at radius 3 is 2.42 bits per heavy atom. The number of hydrogen-bond acceptors (Lipinski definition) is 8. The van der Waals surface area contributed by atoms with Gasteiger partial charge < -0.3 is 0 Å². The maximum Gasteiger partial charge on any atom is 0.290 e. The highest BCUT2D eigenvalue weighted by molar-refractivity contribution is 8.01. The Morgan fingerprint density at radius 1 is 1.00 bits per heavy atom. The van der Waals surface area contributed by atoms with Crippen LogP contribution in [0, 0.1) is 20.2 Å². The minimum absolute atomic E-state index is 0.279. The van der Waals surface area contributed by atoms with Crippen LogP contribution in [0.5, 0.6) is 0 Å². The summed E-state index contributed by atoms with van der Waals surface area (Å²) in [6, 6.07) is 12.9. The summed E-state index contributed by atoms with van der Waals surface area (Å²) in [5, 5.41) is 21.9. The van der Waals surface area contributed by atoms with E-state index in [0.29, 0.717) is 10.2 Å². The molecule has 8 nitrogen and oxygen atoms in total. The van der Waals surface area contributed by atoms with E-state index in [2.05, 4.69) is 9.36 Å². The van der Waals surface area contributed by atoms with Crippen molar-refractivity contribution in [3.05, 3.63) is 68.8 Å². The van der Waals surface area contributed by atoms with E-state index < -0.39 is 9.85 Å². The molecule has 0 atom stereocenters. The molecule has 120 valence electrons. The van der Waals surface area contributed by atoms with Crippen molar-refractivity contribution in [2.24, 2.45) is 0 Å². The number of nitrogens with zero attached hydrogens (tertiary/aromatic N) is 4. The average Bonchev–Trinajstić information content (AvgIpc) is 3.04. The highest BCUT2D eigenvalue weighted by atomic mass is 32.2. The third-order valence-electron chi connectivity index (χ3n) is 2.99. The van der Waals surface area contributed by atoms with Crippen LogP contribution in [0.25, 0.3) is 11.4 Å². The first-order chi connectivity index (χ1) is 11.5. The standard InChI is InChI=1S/C14H8N4O4S2/c19-17(20)10-6-7-12(11(8-10)18(21)22)23-14-15-13(16-24-14)9-4-2-1-3-5-9/h1-8H. The summed E-state index contributed by atoms with van der Waals surface area (Å²) in [5.41, 5.74) is 0.192. The predicted octanol–water partition coefficient (Wildman–Crippen LogP) is 4.17. The van der Waals surface area contributed by atoms with Crippen molar-refractivity contribution in [3.63, 3.8) is 0 Å². The zero-order valence-electron chi connectivity index (χ0n) is 11.9. The van der Waals surface area contributed by atoms with Crippen LogP contribution in [0.4, 0.5) is 11.4 Å². The largest absolute Gasteiger partial charge is 0.290 e. The Hall–Kier alpha value is -2.85. The number of aromatic nitrogens is 2. The van der Waals surface area contributed by atoms with Crippen LogP contribution in [0.1, 0.15) is 0 Å². The van der Waals surface area contributed by atoms with E-state index in [1.54, 1.807) is 0 Å². The molecule has 3 aromatic rings. The molecular weight excluding hydrogens is 352 g/mol. The number of rotatable bonds is 5. The number of nitro groups is 2. The average molecular weight is 360 g/mol. The molecule has 0 amide bonds. The first-order valence-electron chi connectivity index (χ1n) is 6.54. The van der Waals surface area contributed by atoms with E-state index in [1.165, 1.54) is 12.1 Å². The van der Waals surface area contributed by atoms with Crippen molar-refractivity contribution in [3.8, 4) is 11.4 Å². The molecule has 0 aliphatic rings. The Bertz CT molecular complexity index is 914. The fourth-order valence-electron chi connectivity index (χ4n) is 1.90. The quantitative estimate of drug-likeness (QED) is 0.495. The van der Waals surface area contributed by atoms with Gasteiger partial charge in [-0.2, -0.15) is 4.37 Å².